The number of hydrogen-bond acceptors (Lipinski definition) is 7. The third-order valence-corrected chi connectivity index (χ3v) is 5.99. The monoisotopic (exact) mass is 501 g/mol. The number of rotatable bonds is 5. The fourth-order valence-electron chi connectivity index (χ4n) is 4.06. The zero-order chi connectivity index (χ0) is 25.6. The Balaban J connectivity index is 1.54. The van der Waals surface area contributed by atoms with Gasteiger partial charge in [0.15, 0.2) is 0 Å². The quantitative estimate of drug-likeness (QED) is 0.398. The van der Waals surface area contributed by atoms with Crippen LogP contribution >= 0.6 is 0 Å². The van der Waals surface area contributed by atoms with Crippen LogP contribution in [0, 0.1) is 5.82 Å². The molecule has 5 rings (SSSR count). The smallest absolute Gasteiger partial charge is 0.383 e. The Morgan fingerprint density at radius 3 is 2.61 bits per heavy atom. The molecule has 0 unspecified atom stereocenters. The van der Waals surface area contributed by atoms with Crippen molar-refractivity contribution < 1.29 is 27.1 Å². The molecular formula is C23H19F4N7O2. The first-order valence-corrected chi connectivity index (χ1v) is 10.8. The van der Waals surface area contributed by atoms with Crippen LogP contribution in [-0.4, -0.2) is 35.7 Å². The van der Waals surface area contributed by atoms with Crippen LogP contribution in [0.3, 0.4) is 0 Å². The molecule has 0 saturated heterocycles. The lowest BCUT2D eigenvalue weighted by Crippen LogP contribution is -2.35. The minimum atomic E-state index is -4.75. The van der Waals surface area contributed by atoms with Crippen molar-refractivity contribution in [2.75, 3.05) is 5.73 Å². The van der Waals surface area contributed by atoms with Gasteiger partial charge in [0.2, 0.25) is 0 Å². The normalized spacial score (nSPS) is 14.1. The largest absolute Gasteiger partial charge is 0.417 e. The highest BCUT2D eigenvalue weighted by molar-refractivity contribution is 5.98. The molecule has 0 spiro atoms. The molecule has 13 heteroatoms. The highest BCUT2D eigenvalue weighted by atomic mass is 19.4. The summed E-state index contributed by atoms with van der Waals surface area (Å²) in [6.07, 6.45) is -1.26. The minimum absolute atomic E-state index is 0.118. The van der Waals surface area contributed by atoms with Crippen LogP contribution in [0.1, 0.15) is 51.7 Å². The van der Waals surface area contributed by atoms with E-state index in [2.05, 4.69) is 24.9 Å². The molecule has 4 aromatic rings. The Bertz CT molecular complexity index is 1460. The molecule has 0 radical (unpaired) electrons. The summed E-state index contributed by atoms with van der Waals surface area (Å²) in [7, 11) is 0. The minimum Gasteiger partial charge on any atom is -0.383 e. The van der Waals surface area contributed by atoms with Crippen LogP contribution in [0.25, 0.3) is 11.0 Å². The summed E-state index contributed by atoms with van der Waals surface area (Å²) in [5, 5.41) is 0. The second-order valence-electron chi connectivity index (χ2n) is 8.26. The van der Waals surface area contributed by atoms with Crippen LogP contribution in [0.4, 0.5) is 23.4 Å². The van der Waals surface area contributed by atoms with Crippen LogP contribution in [-0.2, 0) is 30.7 Å². The van der Waals surface area contributed by atoms with Crippen molar-refractivity contribution in [2.24, 2.45) is 0 Å². The van der Waals surface area contributed by atoms with Crippen molar-refractivity contribution in [3.63, 3.8) is 0 Å². The molecule has 3 N–H and O–H groups in total. The van der Waals surface area contributed by atoms with E-state index in [0.717, 1.165) is 11.1 Å². The van der Waals surface area contributed by atoms with E-state index in [1.807, 2.05) is 0 Å². The van der Waals surface area contributed by atoms with Crippen molar-refractivity contribution >= 4 is 22.8 Å². The number of nitrogen functional groups attached to an aromatic ring is 1. The van der Waals surface area contributed by atoms with E-state index in [0.29, 0.717) is 42.3 Å². The SMILES string of the molecule is C[C@H](c1ncccn1)N(Cc1ncc(C(F)(F)F)cc1F)C(=O)c1cc2nc(N)c3c(c2[nH]1)COC3. The molecule has 0 saturated carbocycles. The maximum absolute atomic E-state index is 14.7. The van der Waals surface area contributed by atoms with E-state index < -0.39 is 36.1 Å². The molecule has 0 aliphatic carbocycles. The number of amides is 1. The number of aromatic nitrogens is 5. The van der Waals surface area contributed by atoms with E-state index in [1.165, 1.54) is 23.4 Å². The third kappa shape index (κ3) is 4.21. The van der Waals surface area contributed by atoms with Crippen molar-refractivity contribution in [1.82, 2.24) is 29.8 Å². The summed E-state index contributed by atoms with van der Waals surface area (Å²) in [6, 6.07) is 2.68. The lowest BCUT2D eigenvalue weighted by atomic mass is 10.1. The Morgan fingerprint density at radius 2 is 1.92 bits per heavy atom. The first-order valence-electron chi connectivity index (χ1n) is 10.8. The number of nitrogens with one attached hydrogen (secondary N) is 1. The Labute approximate surface area is 201 Å². The average molecular weight is 501 g/mol. The number of alkyl halides is 3. The topological polar surface area (TPSA) is 123 Å². The van der Waals surface area contributed by atoms with Gasteiger partial charge in [-0.15, -0.1) is 0 Å². The molecule has 1 aliphatic rings. The summed E-state index contributed by atoms with van der Waals surface area (Å²) in [5.74, 6) is -1.22. The number of carbonyl (C=O) groups excluding carboxylic acids is 1. The van der Waals surface area contributed by atoms with Crippen LogP contribution in [0.15, 0.2) is 36.8 Å². The van der Waals surface area contributed by atoms with Crippen molar-refractivity contribution in [1.29, 1.82) is 0 Å². The van der Waals surface area contributed by atoms with Crippen molar-refractivity contribution in [3.8, 4) is 0 Å². The maximum Gasteiger partial charge on any atom is 0.417 e. The number of hydrogen-bond donors (Lipinski definition) is 2. The van der Waals surface area contributed by atoms with Gasteiger partial charge in [-0.3, -0.25) is 9.78 Å². The number of aromatic amines is 1. The van der Waals surface area contributed by atoms with E-state index >= 15 is 0 Å². The average Bonchev–Trinajstić information content (AvgIpc) is 3.50. The molecule has 1 atom stereocenters. The molecule has 5 heterocycles. The zero-order valence-electron chi connectivity index (χ0n) is 18.8. The Morgan fingerprint density at radius 1 is 1.19 bits per heavy atom. The molecular weight excluding hydrogens is 482 g/mol. The molecule has 186 valence electrons. The molecule has 0 bridgehead atoms. The Hall–Kier alpha value is -4.13. The second kappa shape index (κ2) is 8.82. The predicted molar refractivity (Wildman–Crippen MR) is 119 cm³/mol. The third-order valence-electron chi connectivity index (χ3n) is 5.99. The maximum atomic E-state index is 14.7. The van der Waals surface area contributed by atoms with Crippen LogP contribution in [0.2, 0.25) is 0 Å². The summed E-state index contributed by atoms with van der Waals surface area (Å²) in [4.78, 5) is 34.3. The first kappa shape index (κ1) is 23.6. The lowest BCUT2D eigenvalue weighted by Gasteiger charge is -2.28. The van der Waals surface area contributed by atoms with Gasteiger partial charge in [-0.1, -0.05) is 0 Å². The number of nitrogens with zero attached hydrogens (tertiary/aromatic N) is 5. The van der Waals surface area contributed by atoms with Crippen LogP contribution in [0.5, 0.6) is 0 Å². The lowest BCUT2D eigenvalue weighted by molar-refractivity contribution is -0.138. The number of pyridine rings is 2. The molecule has 9 nitrogen and oxygen atoms in total. The van der Waals surface area contributed by atoms with E-state index in [9.17, 15) is 22.4 Å². The molecule has 1 aliphatic heterocycles. The summed E-state index contributed by atoms with van der Waals surface area (Å²) in [5.41, 5.74) is 7.13. The number of carbonyl (C=O) groups is 1. The van der Waals surface area contributed by atoms with Gasteiger partial charge in [0.1, 0.15) is 23.2 Å². The van der Waals surface area contributed by atoms with Gasteiger partial charge in [0.25, 0.3) is 5.91 Å². The number of H-pyrrole nitrogens is 1. The Kier molecular flexibility index (Phi) is 5.79. The fourth-order valence-corrected chi connectivity index (χ4v) is 4.06. The van der Waals surface area contributed by atoms with Gasteiger partial charge in [-0.05, 0) is 25.1 Å². The van der Waals surface area contributed by atoms with Crippen molar-refractivity contribution in [3.05, 3.63) is 76.5 Å². The van der Waals surface area contributed by atoms with Gasteiger partial charge in [-0.25, -0.2) is 19.3 Å². The number of ether oxygens (including phenoxy) is 1. The number of halogens is 4. The van der Waals surface area contributed by atoms with Crippen molar-refractivity contribution in [2.45, 2.75) is 38.9 Å². The van der Waals surface area contributed by atoms with Gasteiger partial charge >= 0.3 is 6.18 Å². The summed E-state index contributed by atoms with van der Waals surface area (Å²) < 4.78 is 59.0. The zero-order valence-corrected chi connectivity index (χ0v) is 18.8. The predicted octanol–water partition coefficient (Wildman–Crippen LogP) is 3.92. The summed E-state index contributed by atoms with van der Waals surface area (Å²) in [6.45, 7) is 1.79. The highest BCUT2D eigenvalue weighted by Gasteiger charge is 2.33. The second-order valence-corrected chi connectivity index (χ2v) is 8.26. The fraction of sp³-hybridized carbons (Fsp3) is 0.261. The molecule has 0 aromatic carbocycles. The molecule has 0 fully saturated rings. The standard InChI is InChI=1S/C23H19F4N7O2/c1-11(21-29-3-2-4-30-21)34(8-18-15(24)5-12(7-31-18)23(25,26)27)22(35)17-6-16-19(32-17)13-9-36-10-14(13)20(28)33-16/h2-7,11,32H,8-10H2,1H3,(H2,28,33)/t11-/m1/s1. The first-order chi connectivity index (χ1) is 17.1. The molecule has 1 amide bonds. The summed E-state index contributed by atoms with van der Waals surface area (Å²) >= 11 is 0. The van der Waals surface area contributed by atoms with E-state index in [4.69, 9.17) is 10.5 Å². The van der Waals surface area contributed by atoms with Gasteiger partial charge in [0.05, 0.1) is 48.1 Å². The number of anilines is 1. The van der Waals surface area contributed by atoms with E-state index in [-0.39, 0.29) is 17.2 Å². The van der Waals surface area contributed by atoms with Crippen LogP contribution < -0.4 is 5.73 Å². The molecule has 36 heavy (non-hydrogen) atoms. The number of nitrogens with two attached hydrogens (primary N) is 1. The molecule has 4 aromatic heterocycles. The van der Waals surface area contributed by atoms with Gasteiger partial charge in [0, 0.05) is 29.7 Å². The van der Waals surface area contributed by atoms with Gasteiger partial charge in [-0.2, -0.15) is 13.2 Å². The van der Waals surface area contributed by atoms with E-state index in [1.54, 1.807) is 13.0 Å². The van der Waals surface area contributed by atoms with Gasteiger partial charge < -0.3 is 20.4 Å². The highest BCUT2D eigenvalue weighted by Crippen LogP contribution is 2.33. The number of fused-ring (bicyclic) bond motifs is 3.